The molecule has 6 nitrogen and oxygen atoms in total. The molecule has 0 saturated heterocycles. The predicted molar refractivity (Wildman–Crippen MR) is 86.9 cm³/mol. The summed E-state index contributed by atoms with van der Waals surface area (Å²) in [5, 5.41) is 5.42. The second kappa shape index (κ2) is 10.2. The van der Waals surface area contributed by atoms with E-state index in [9.17, 15) is 14.4 Å². The van der Waals surface area contributed by atoms with Gasteiger partial charge in [-0.25, -0.2) is 0 Å². The Morgan fingerprint density at radius 1 is 0.955 bits per heavy atom. The minimum atomic E-state index is -0.701. The van der Waals surface area contributed by atoms with Gasteiger partial charge in [-0.15, -0.1) is 0 Å². The quantitative estimate of drug-likeness (QED) is 0.567. The number of rotatable bonds is 10. The van der Waals surface area contributed by atoms with Crippen LogP contribution in [0, 0.1) is 11.8 Å². The van der Waals surface area contributed by atoms with Crippen LogP contribution in [0.2, 0.25) is 0 Å². The average molecular weight is 313 g/mol. The molecule has 0 aromatic rings. The fourth-order valence-electron chi connectivity index (χ4n) is 2.01. The standard InChI is InChI=1S/C16H31N3O3/c1-6-7-8-12(18-15(21)11(4)5)16(22)19-13(14(17)20)9-10(2)3/h10-13H,6-9H2,1-5H3,(H2,17,20)(H,18,21)(H,19,22)/t12-,13?/m0/s1. The van der Waals surface area contributed by atoms with Gasteiger partial charge in [-0.3, -0.25) is 14.4 Å². The zero-order valence-corrected chi connectivity index (χ0v) is 14.4. The fourth-order valence-corrected chi connectivity index (χ4v) is 2.01. The molecule has 0 rings (SSSR count). The van der Waals surface area contributed by atoms with Crippen LogP contribution in [-0.2, 0) is 14.4 Å². The van der Waals surface area contributed by atoms with E-state index in [0.717, 1.165) is 12.8 Å². The molecule has 2 atom stereocenters. The summed E-state index contributed by atoms with van der Waals surface area (Å²) in [6, 6.07) is -1.32. The molecule has 0 fully saturated rings. The molecular formula is C16H31N3O3. The van der Waals surface area contributed by atoms with E-state index in [4.69, 9.17) is 5.73 Å². The third kappa shape index (κ3) is 8.00. The highest BCUT2D eigenvalue weighted by atomic mass is 16.2. The number of amides is 3. The van der Waals surface area contributed by atoms with Gasteiger partial charge in [0.15, 0.2) is 0 Å². The van der Waals surface area contributed by atoms with E-state index < -0.39 is 18.0 Å². The van der Waals surface area contributed by atoms with Gasteiger partial charge in [0.2, 0.25) is 17.7 Å². The second-order valence-corrected chi connectivity index (χ2v) is 6.45. The van der Waals surface area contributed by atoms with E-state index >= 15 is 0 Å². The minimum absolute atomic E-state index is 0.171. The molecule has 0 radical (unpaired) electrons. The maximum Gasteiger partial charge on any atom is 0.243 e. The maximum atomic E-state index is 12.4. The lowest BCUT2D eigenvalue weighted by Crippen LogP contribution is -2.53. The summed E-state index contributed by atoms with van der Waals surface area (Å²) in [6.45, 7) is 9.47. The smallest absolute Gasteiger partial charge is 0.243 e. The molecule has 0 aliphatic heterocycles. The molecule has 4 N–H and O–H groups in total. The SMILES string of the molecule is CCCC[C@H](NC(=O)C(C)C)C(=O)NC(CC(C)C)C(N)=O. The van der Waals surface area contributed by atoms with Crippen molar-refractivity contribution in [2.24, 2.45) is 17.6 Å². The summed E-state index contributed by atoms with van der Waals surface area (Å²) in [5.74, 6) is -1.02. The van der Waals surface area contributed by atoms with Crippen LogP contribution >= 0.6 is 0 Å². The highest BCUT2D eigenvalue weighted by molar-refractivity contribution is 5.91. The van der Waals surface area contributed by atoms with Crippen molar-refractivity contribution in [3.63, 3.8) is 0 Å². The molecule has 3 amide bonds. The third-order valence-electron chi connectivity index (χ3n) is 3.37. The number of carbonyl (C=O) groups is 3. The van der Waals surface area contributed by atoms with E-state index in [2.05, 4.69) is 10.6 Å². The minimum Gasteiger partial charge on any atom is -0.368 e. The van der Waals surface area contributed by atoms with Gasteiger partial charge in [0.05, 0.1) is 0 Å². The van der Waals surface area contributed by atoms with Crippen molar-refractivity contribution >= 4 is 17.7 Å². The summed E-state index contributed by atoms with van der Waals surface area (Å²) in [4.78, 5) is 35.7. The summed E-state index contributed by atoms with van der Waals surface area (Å²) < 4.78 is 0. The van der Waals surface area contributed by atoms with Crippen LogP contribution in [0.1, 0.15) is 60.3 Å². The number of unbranched alkanes of at least 4 members (excludes halogenated alkanes) is 1. The molecule has 0 heterocycles. The summed E-state index contributed by atoms with van der Waals surface area (Å²) in [5.41, 5.74) is 5.34. The lowest BCUT2D eigenvalue weighted by Gasteiger charge is -2.23. The Morgan fingerprint density at radius 3 is 1.91 bits per heavy atom. The number of hydrogen-bond donors (Lipinski definition) is 3. The van der Waals surface area contributed by atoms with Crippen molar-refractivity contribution in [2.45, 2.75) is 72.4 Å². The third-order valence-corrected chi connectivity index (χ3v) is 3.37. The van der Waals surface area contributed by atoms with Crippen molar-refractivity contribution < 1.29 is 14.4 Å². The van der Waals surface area contributed by atoms with Crippen LogP contribution in [0.25, 0.3) is 0 Å². The average Bonchev–Trinajstić information content (AvgIpc) is 2.41. The summed E-state index contributed by atoms with van der Waals surface area (Å²) >= 11 is 0. The van der Waals surface area contributed by atoms with E-state index in [0.29, 0.717) is 12.8 Å². The fraction of sp³-hybridized carbons (Fsp3) is 0.812. The number of nitrogens with one attached hydrogen (secondary N) is 2. The number of hydrogen-bond acceptors (Lipinski definition) is 3. The van der Waals surface area contributed by atoms with Crippen LogP contribution in [0.4, 0.5) is 0 Å². The van der Waals surface area contributed by atoms with Gasteiger partial charge in [-0.2, -0.15) is 0 Å². The Kier molecular flexibility index (Phi) is 9.45. The van der Waals surface area contributed by atoms with E-state index in [1.54, 1.807) is 13.8 Å². The molecule has 0 aliphatic rings. The predicted octanol–water partition coefficient (Wildman–Crippen LogP) is 1.33. The highest BCUT2D eigenvalue weighted by Crippen LogP contribution is 2.07. The Labute approximate surface area is 133 Å². The molecular weight excluding hydrogens is 282 g/mol. The van der Waals surface area contributed by atoms with Crippen molar-refractivity contribution in [1.82, 2.24) is 10.6 Å². The van der Waals surface area contributed by atoms with Gasteiger partial charge in [0.25, 0.3) is 0 Å². The van der Waals surface area contributed by atoms with Gasteiger partial charge < -0.3 is 16.4 Å². The lowest BCUT2D eigenvalue weighted by atomic mass is 10.0. The van der Waals surface area contributed by atoms with Gasteiger partial charge in [-0.05, 0) is 18.8 Å². The van der Waals surface area contributed by atoms with Crippen molar-refractivity contribution in [3.05, 3.63) is 0 Å². The first kappa shape index (κ1) is 20.4. The zero-order valence-electron chi connectivity index (χ0n) is 14.4. The monoisotopic (exact) mass is 313 g/mol. The second-order valence-electron chi connectivity index (χ2n) is 6.45. The first-order chi connectivity index (χ1) is 10.2. The first-order valence-corrected chi connectivity index (χ1v) is 8.09. The molecule has 128 valence electrons. The molecule has 0 aromatic heterocycles. The Bertz CT molecular complexity index is 381. The van der Waals surface area contributed by atoms with E-state index in [-0.39, 0.29) is 23.7 Å². The van der Waals surface area contributed by atoms with Crippen LogP contribution < -0.4 is 16.4 Å². The summed E-state index contributed by atoms with van der Waals surface area (Å²) in [6.07, 6.45) is 2.78. The van der Waals surface area contributed by atoms with Crippen LogP contribution in [0.5, 0.6) is 0 Å². The van der Waals surface area contributed by atoms with Crippen molar-refractivity contribution in [1.29, 1.82) is 0 Å². The molecule has 6 heteroatoms. The normalized spacial score (nSPS) is 13.8. The van der Waals surface area contributed by atoms with Crippen LogP contribution in [-0.4, -0.2) is 29.8 Å². The largest absolute Gasteiger partial charge is 0.368 e. The Morgan fingerprint density at radius 2 is 1.50 bits per heavy atom. The molecule has 1 unspecified atom stereocenters. The Balaban J connectivity index is 4.84. The molecule has 22 heavy (non-hydrogen) atoms. The molecule has 0 bridgehead atoms. The highest BCUT2D eigenvalue weighted by Gasteiger charge is 2.26. The number of nitrogens with two attached hydrogens (primary N) is 1. The molecule has 0 aliphatic carbocycles. The molecule has 0 saturated carbocycles. The van der Waals surface area contributed by atoms with Gasteiger partial charge in [0, 0.05) is 5.92 Å². The molecule has 0 aromatic carbocycles. The maximum absolute atomic E-state index is 12.4. The topological polar surface area (TPSA) is 101 Å². The lowest BCUT2D eigenvalue weighted by molar-refractivity contribution is -0.132. The van der Waals surface area contributed by atoms with E-state index in [1.165, 1.54) is 0 Å². The Hall–Kier alpha value is -1.59. The van der Waals surface area contributed by atoms with Gasteiger partial charge in [0.1, 0.15) is 12.1 Å². The van der Waals surface area contributed by atoms with Crippen LogP contribution in [0.15, 0.2) is 0 Å². The zero-order chi connectivity index (χ0) is 17.3. The summed E-state index contributed by atoms with van der Waals surface area (Å²) in [7, 11) is 0. The molecule has 0 spiro atoms. The van der Waals surface area contributed by atoms with Gasteiger partial charge >= 0.3 is 0 Å². The number of carbonyl (C=O) groups excluding carboxylic acids is 3. The van der Waals surface area contributed by atoms with Crippen molar-refractivity contribution in [2.75, 3.05) is 0 Å². The van der Waals surface area contributed by atoms with Crippen molar-refractivity contribution in [3.8, 4) is 0 Å². The number of primary amides is 1. The van der Waals surface area contributed by atoms with Gasteiger partial charge in [-0.1, -0.05) is 47.5 Å². The van der Waals surface area contributed by atoms with Crippen LogP contribution in [0.3, 0.4) is 0 Å². The van der Waals surface area contributed by atoms with E-state index in [1.807, 2.05) is 20.8 Å². The first-order valence-electron chi connectivity index (χ1n) is 8.09.